The van der Waals surface area contributed by atoms with Crippen LogP contribution in [0.2, 0.25) is 0 Å². The van der Waals surface area contributed by atoms with Crippen LogP contribution in [0, 0.1) is 0 Å². The summed E-state index contributed by atoms with van der Waals surface area (Å²) in [6.07, 6.45) is 4.65. The molecule has 0 unspecified atom stereocenters. The van der Waals surface area contributed by atoms with Gasteiger partial charge in [-0.05, 0) is 33.1 Å². The van der Waals surface area contributed by atoms with Gasteiger partial charge in [0.05, 0.1) is 10.00 Å². The smallest absolute Gasteiger partial charge is 0.158 e. The summed E-state index contributed by atoms with van der Waals surface area (Å²) in [6, 6.07) is 0. The molecule has 1 rings (SSSR count). The van der Waals surface area contributed by atoms with E-state index in [1.54, 1.807) is 0 Å². The third-order valence-electron chi connectivity index (χ3n) is 3.36. The first kappa shape index (κ1) is 11.0. The molecule has 1 aliphatic carbocycles. The Morgan fingerprint density at radius 1 is 1.23 bits per heavy atom. The van der Waals surface area contributed by atoms with Crippen LogP contribution in [-0.2, 0) is 9.84 Å². The van der Waals surface area contributed by atoms with Gasteiger partial charge in [0.1, 0.15) is 0 Å². The van der Waals surface area contributed by atoms with Crippen LogP contribution < -0.4 is 0 Å². The monoisotopic (exact) mass is 204 g/mol. The van der Waals surface area contributed by atoms with Crippen LogP contribution in [-0.4, -0.2) is 18.4 Å². The minimum absolute atomic E-state index is 0.0533. The van der Waals surface area contributed by atoms with Gasteiger partial charge in [0.2, 0.25) is 0 Å². The lowest BCUT2D eigenvalue weighted by molar-refractivity contribution is 0.523. The van der Waals surface area contributed by atoms with E-state index in [-0.39, 0.29) is 5.25 Å². The molecule has 1 saturated carbocycles. The Hall–Kier alpha value is -0.0500. The van der Waals surface area contributed by atoms with Crippen molar-refractivity contribution in [3.05, 3.63) is 0 Å². The fraction of sp³-hybridized carbons (Fsp3) is 1.00. The lowest BCUT2D eigenvalue weighted by Gasteiger charge is -2.26. The zero-order valence-corrected chi connectivity index (χ0v) is 9.65. The maximum absolute atomic E-state index is 12.1. The normalized spacial score (nSPS) is 20.8. The third kappa shape index (κ3) is 1.90. The quantitative estimate of drug-likeness (QED) is 0.708. The zero-order chi connectivity index (χ0) is 10.1. The van der Waals surface area contributed by atoms with E-state index >= 15 is 0 Å². The molecule has 0 aromatic heterocycles. The first-order valence-electron chi connectivity index (χ1n) is 5.15. The fourth-order valence-corrected chi connectivity index (χ4v) is 4.11. The van der Waals surface area contributed by atoms with Gasteiger partial charge in [-0.25, -0.2) is 8.42 Å². The SMILES string of the molecule is CCC(C)(C)S(=O)(=O)C1CCCC1. The second-order valence-corrected chi connectivity index (χ2v) is 7.43. The van der Waals surface area contributed by atoms with Gasteiger partial charge in [-0.15, -0.1) is 0 Å². The van der Waals surface area contributed by atoms with Gasteiger partial charge in [-0.2, -0.15) is 0 Å². The Morgan fingerprint density at radius 2 is 1.69 bits per heavy atom. The van der Waals surface area contributed by atoms with Crippen LogP contribution in [0.3, 0.4) is 0 Å². The van der Waals surface area contributed by atoms with Gasteiger partial charge in [0.15, 0.2) is 9.84 Å². The molecule has 1 aliphatic rings. The minimum atomic E-state index is -2.89. The summed E-state index contributed by atoms with van der Waals surface area (Å²) >= 11 is 0. The Labute approximate surface area is 81.6 Å². The van der Waals surface area contributed by atoms with Crippen molar-refractivity contribution in [2.75, 3.05) is 0 Å². The summed E-state index contributed by atoms with van der Waals surface area (Å²) in [5, 5.41) is -0.0533. The van der Waals surface area contributed by atoms with Gasteiger partial charge >= 0.3 is 0 Å². The summed E-state index contributed by atoms with van der Waals surface area (Å²) in [7, 11) is -2.89. The largest absolute Gasteiger partial charge is 0.228 e. The van der Waals surface area contributed by atoms with Gasteiger partial charge in [0, 0.05) is 0 Å². The molecule has 0 saturated heterocycles. The van der Waals surface area contributed by atoms with Crippen LogP contribution in [0.4, 0.5) is 0 Å². The molecular weight excluding hydrogens is 184 g/mol. The van der Waals surface area contributed by atoms with Gasteiger partial charge < -0.3 is 0 Å². The van der Waals surface area contributed by atoms with Crippen molar-refractivity contribution in [1.82, 2.24) is 0 Å². The lowest BCUT2D eigenvalue weighted by atomic mass is 10.1. The fourth-order valence-electron chi connectivity index (χ4n) is 1.85. The molecule has 13 heavy (non-hydrogen) atoms. The van der Waals surface area contributed by atoms with E-state index in [0.29, 0.717) is 6.42 Å². The molecule has 0 amide bonds. The van der Waals surface area contributed by atoms with E-state index in [0.717, 1.165) is 25.7 Å². The Kier molecular flexibility index (Phi) is 3.05. The lowest BCUT2D eigenvalue weighted by Crippen LogP contribution is -2.38. The predicted molar refractivity (Wildman–Crippen MR) is 55.5 cm³/mol. The van der Waals surface area contributed by atoms with Crippen molar-refractivity contribution < 1.29 is 8.42 Å². The summed E-state index contributed by atoms with van der Waals surface area (Å²) in [4.78, 5) is 0. The number of hydrogen-bond donors (Lipinski definition) is 0. The Bertz CT molecular complexity index is 259. The topological polar surface area (TPSA) is 34.1 Å². The summed E-state index contributed by atoms with van der Waals surface area (Å²) in [5.74, 6) is 0. The molecule has 78 valence electrons. The predicted octanol–water partition coefficient (Wildman–Crippen LogP) is 2.53. The standard InChI is InChI=1S/C10H20O2S/c1-4-10(2,3)13(11,12)9-7-5-6-8-9/h9H,4-8H2,1-3H3. The van der Waals surface area contributed by atoms with Crippen molar-refractivity contribution >= 4 is 9.84 Å². The Balaban J connectivity index is 2.87. The number of sulfone groups is 1. The molecule has 0 aromatic carbocycles. The van der Waals surface area contributed by atoms with E-state index in [1.807, 2.05) is 20.8 Å². The zero-order valence-electron chi connectivity index (χ0n) is 8.84. The van der Waals surface area contributed by atoms with Crippen molar-refractivity contribution in [3.8, 4) is 0 Å². The molecule has 0 aliphatic heterocycles. The van der Waals surface area contributed by atoms with Crippen LogP contribution in [0.15, 0.2) is 0 Å². The molecule has 0 aromatic rings. The molecule has 0 atom stereocenters. The van der Waals surface area contributed by atoms with E-state index in [1.165, 1.54) is 0 Å². The van der Waals surface area contributed by atoms with E-state index in [4.69, 9.17) is 0 Å². The maximum atomic E-state index is 12.1. The van der Waals surface area contributed by atoms with Crippen LogP contribution in [0.1, 0.15) is 52.9 Å². The highest BCUT2D eigenvalue weighted by atomic mass is 32.2. The highest BCUT2D eigenvalue weighted by molar-refractivity contribution is 7.93. The second kappa shape index (κ2) is 3.60. The summed E-state index contributed by atoms with van der Waals surface area (Å²) in [6.45, 7) is 5.65. The average Bonchev–Trinajstić information content (AvgIpc) is 2.56. The number of hydrogen-bond acceptors (Lipinski definition) is 2. The highest BCUT2D eigenvalue weighted by Crippen LogP contribution is 2.33. The molecule has 0 spiro atoms. The van der Waals surface area contributed by atoms with Crippen molar-refractivity contribution in [1.29, 1.82) is 0 Å². The summed E-state index contributed by atoms with van der Waals surface area (Å²) in [5.41, 5.74) is 0. The molecular formula is C10H20O2S. The van der Waals surface area contributed by atoms with Gasteiger partial charge in [0.25, 0.3) is 0 Å². The average molecular weight is 204 g/mol. The van der Waals surface area contributed by atoms with Crippen LogP contribution in [0.5, 0.6) is 0 Å². The molecule has 2 nitrogen and oxygen atoms in total. The first-order valence-corrected chi connectivity index (χ1v) is 6.70. The van der Waals surface area contributed by atoms with Crippen molar-refractivity contribution in [2.24, 2.45) is 0 Å². The maximum Gasteiger partial charge on any atom is 0.158 e. The molecule has 1 fully saturated rings. The van der Waals surface area contributed by atoms with Crippen LogP contribution >= 0.6 is 0 Å². The van der Waals surface area contributed by atoms with Crippen LogP contribution in [0.25, 0.3) is 0 Å². The minimum Gasteiger partial charge on any atom is -0.228 e. The van der Waals surface area contributed by atoms with E-state index < -0.39 is 14.6 Å². The number of rotatable bonds is 3. The Morgan fingerprint density at radius 3 is 2.08 bits per heavy atom. The molecule has 0 bridgehead atoms. The second-order valence-electron chi connectivity index (χ2n) is 4.56. The van der Waals surface area contributed by atoms with E-state index in [2.05, 4.69) is 0 Å². The van der Waals surface area contributed by atoms with E-state index in [9.17, 15) is 8.42 Å². The molecule has 0 radical (unpaired) electrons. The molecule has 0 heterocycles. The summed E-state index contributed by atoms with van der Waals surface area (Å²) < 4.78 is 23.6. The van der Waals surface area contributed by atoms with Gasteiger partial charge in [-0.3, -0.25) is 0 Å². The van der Waals surface area contributed by atoms with Crippen molar-refractivity contribution in [3.63, 3.8) is 0 Å². The first-order chi connectivity index (χ1) is 5.92. The third-order valence-corrected chi connectivity index (χ3v) is 6.54. The van der Waals surface area contributed by atoms with Gasteiger partial charge in [-0.1, -0.05) is 19.8 Å². The molecule has 0 N–H and O–H groups in total. The van der Waals surface area contributed by atoms with Crippen molar-refractivity contribution in [2.45, 2.75) is 62.9 Å². The highest BCUT2D eigenvalue weighted by Gasteiger charge is 2.40. The molecule has 3 heteroatoms.